The smallest absolute Gasteiger partial charge is 0.234 e. The van der Waals surface area contributed by atoms with Crippen molar-refractivity contribution in [3.05, 3.63) is 53.6 Å². The van der Waals surface area contributed by atoms with Crippen LogP contribution in [0, 0.1) is 0 Å². The van der Waals surface area contributed by atoms with Crippen molar-refractivity contribution in [3.63, 3.8) is 0 Å². The second kappa shape index (κ2) is 9.28. The van der Waals surface area contributed by atoms with E-state index in [0.29, 0.717) is 10.2 Å². The number of hydrogen-bond acceptors (Lipinski definition) is 6. The Balaban J connectivity index is 1.33. The molecule has 2 aromatic carbocycles. The van der Waals surface area contributed by atoms with Gasteiger partial charge in [0.2, 0.25) is 11.1 Å². The Kier molecular flexibility index (Phi) is 6.31. The number of halogens is 1. The molecule has 1 fully saturated rings. The summed E-state index contributed by atoms with van der Waals surface area (Å²) in [6, 6.07) is 15.2. The standard InChI is InChI=1S/C20H21ClN6OS/c21-15-4-8-18(9-5-15)27-20(23-24-25-27)29-14-19(28)22-16-6-10-17(11-7-16)26-12-2-1-3-13-26/h4-11H,1-3,12-14H2,(H,22,28). The molecule has 0 radical (unpaired) electrons. The van der Waals surface area contributed by atoms with Crippen LogP contribution in [-0.4, -0.2) is 45.0 Å². The summed E-state index contributed by atoms with van der Waals surface area (Å²) in [6.45, 7) is 2.20. The number of hydrogen-bond donors (Lipinski definition) is 1. The van der Waals surface area contributed by atoms with E-state index in [2.05, 4.69) is 37.9 Å². The van der Waals surface area contributed by atoms with Gasteiger partial charge < -0.3 is 10.2 Å². The quantitative estimate of drug-likeness (QED) is 0.597. The van der Waals surface area contributed by atoms with Gasteiger partial charge in [-0.25, -0.2) is 0 Å². The molecular weight excluding hydrogens is 408 g/mol. The molecule has 150 valence electrons. The molecular formula is C20H21ClN6OS. The van der Waals surface area contributed by atoms with Gasteiger partial charge in [-0.3, -0.25) is 4.79 Å². The Bertz CT molecular complexity index is 954. The Morgan fingerprint density at radius 1 is 1.00 bits per heavy atom. The number of thioether (sulfide) groups is 1. The van der Waals surface area contributed by atoms with Gasteiger partial charge in [0.25, 0.3) is 0 Å². The van der Waals surface area contributed by atoms with Gasteiger partial charge in [0.15, 0.2) is 0 Å². The highest BCUT2D eigenvalue weighted by atomic mass is 35.5. The van der Waals surface area contributed by atoms with E-state index >= 15 is 0 Å². The predicted octanol–water partition coefficient (Wildman–Crippen LogP) is 4.04. The highest BCUT2D eigenvalue weighted by Crippen LogP contribution is 2.23. The molecule has 29 heavy (non-hydrogen) atoms. The molecule has 1 aliphatic heterocycles. The highest BCUT2D eigenvalue weighted by Gasteiger charge is 2.13. The van der Waals surface area contributed by atoms with Gasteiger partial charge in [-0.2, -0.15) is 4.68 Å². The Hall–Kier alpha value is -2.58. The molecule has 1 aliphatic rings. The van der Waals surface area contributed by atoms with Gasteiger partial charge in [0.05, 0.1) is 11.4 Å². The maximum absolute atomic E-state index is 12.3. The summed E-state index contributed by atoms with van der Waals surface area (Å²) in [5.74, 6) is 0.105. The molecule has 0 aliphatic carbocycles. The number of amides is 1. The lowest BCUT2D eigenvalue weighted by molar-refractivity contribution is -0.113. The first-order valence-electron chi connectivity index (χ1n) is 9.51. The molecule has 0 bridgehead atoms. The van der Waals surface area contributed by atoms with Crippen molar-refractivity contribution in [1.29, 1.82) is 0 Å². The zero-order chi connectivity index (χ0) is 20.1. The monoisotopic (exact) mass is 428 g/mol. The average Bonchev–Trinajstić information content (AvgIpc) is 3.23. The third kappa shape index (κ3) is 5.07. The SMILES string of the molecule is O=C(CSc1nnnn1-c1ccc(Cl)cc1)Nc1ccc(N2CCCCC2)cc1. The van der Waals surface area contributed by atoms with Gasteiger partial charge in [-0.15, -0.1) is 5.10 Å². The number of rotatable bonds is 6. The first-order valence-corrected chi connectivity index (χ1v) is 10.9. The molecule has 1 N–H and O–H groups in total. The van der Waals surface area contributed by atoms with Crippen molar-refractivity contribution in [3.8, 4) is 5.69 Å². The van der Waals surface area contributed by atoms with Crippen LogP contribution in [0.25, 0.3) is 5.69 Å². The van der Waals surface area contributed by atoms with Gasteiger partial charge in [0, 0.05) is 29.5 Å². The summed E-state index contributed by atoms with van der Waals surface area (Å²) < 4.78 is 1.59. The summed E-state index contributed by atoms with van der Waals surface area (Å²) in [5, 5.41) is 15.8. The molecule has 0 unspecified atom stereocenters. The topological polar surface area (TPSA) is 75.9 Å². The first kappa shape index (κ1) is 19.7. The van der Waals surface area contributed by atoms with Crippen LogP contribution < -0.4 is 10.2 Å². The number of nitrogens with one attached hydrogen (secondary N) is 1. The zero-order valence-corrected chi connectivity index (χ0v) is 17.4. The van der Waals surface area contributed by atoms with Gasteiger partial charge >= 0.3 is 0 Å². The first-order chi connectivity index (χ1) is 14.2. The van der Waals surface area contributed by atoms with E-state index in [4.69, 9.17) is 11.6 Å². The number of tetrazole rings is 1. The van der Waals surface area contributed by atoms with E-state index < -0.39 is 0 Å². The van der Waals surface area contributed by atoms with E-state index in [1.54, 1.807) is 16.8 Å². The lowest BCUT2D eigenvalue weighted by Gasteiger charge is -2.28. The van der Waals surface area contributed by atoms with E-state index in [9.17, 15) is 4.79 Å². The lowest BCUT2D eigenvalue weighted by atomic mass is 10.1. The molecule has 0 saturated carbocycles. The fourth-order valence-corrected chi connectivity index (χ4v) is 4.06. The Morgan fingerprint density at radius 3 is 2.41 bits per heavy atom. The van der Waals surface area contributed by atoms with Crippen LogP contribution in [0.15, 0.2) is 53.7 Å². The van der Waals surface area contributed by atoms with E-state index in [1.807, 2.05) is 24.3 Å². The minimum atomic E-state index is -0.105. The predicted molar refractivity (Wildman–Crippen MR) is 116 cm³/mol. The van der Waals surface area contributed by atoms with Crippen LogP contribution in [0.4, 0.5) is 11.4 Å². The van der Waals surface area contributed by atoms with Crippen molar-refractivity contribution in [2.24, 2.45) is 0 Å². The van der Waals surface area contributed by atoms with Crippen molar-refractivity contribution in [1.82, 2.24) is 20.2 Å². The third-order valence-corrected chi connectivity index (χ3v) is 5.89. The third-order valence-electron chi connectivity index (χ3n) is 4.72. The Labute approximate surface area is 178 Å². The molecule has 9 heteroatoms. The summed E-state index contributed by atoms with van der Waals surface area (Å²) >= 11 is 7.20. The molecule has 0 atom stereocenters. The van der Waals surface area contributed by atoms with Crippen LogP contribution in [0.5, 0.6) is 0 Å². The number of aromatic nitrogens is 4. The largest absolute Gasteiger partial charge is 0.372 e. The van der Waals surface area contributed by atoms with Crippen LogP contribution in [-0.2, 0) is 4.79 Å². The molecule has 3 aromatic rings. The van der Waals surface area contributed by atoms with Crippen LogP contribution in [0.1, 0.15) is 19.3 Å². The molecule has 1 saturated heterocycles. The molecule has 1 aromatic heterocycles. The molecule has 0 spiro atoms. The van der Waals surface area contributed by atoms with E-state index in [-0.39, 0.29) is 11.7 Å². The normalized spacial score (nSPS) is 14.0. The number of carbonyl (C=O) groups excluding carboxylic acids is 1. The number of benzene rings is 2. The van der Waals surface area contributed by atoms with E-state index in [0.717, 1.165) is 24.5 Å². The van der Waals surface area contributed by atoms with Crippen molar-refractivity contribution < 1.29 is 4.79 Å². The van der Waals surface area contributed by atoms with Crippen molar-refractivity contribution >= 4 is 40.6 Å². The van der Waals surface area contributed by atoms with Crippen molar-refractivity contribution in [2.75, 3.05) is 29.1 Å². The minimum Gasteiger partial charge on any atom is -0.372 e. The van der Waals surface area contributed by atoms with Gasteiger partial charge in [-0.05, 0) is 78.2 Å². The second-order valence-corrected chi connectivity index (χ2v) is 8.16. The number of anilines is 2. The Morgan fingerprint density at radius 2 is 1.69 bits per heavy atom. The number of carbonyl (C=O) groups is 1. The fourth-order valence-electron chi connectivity index (χ4n) is 3.25. The molecule has 7 nitrogen and oxygen atoms in total. The number of piperidine rings is 1. The molecule has 4 rings (SSSR count). The van der Waals surface area contributed by atoms with Crippen molar-refractivity contribution in [2.45, 2.75) is 24.4 Å². The zero-order valence-electron chi connectivity index (χ0n) is 15.8. The van der Waals surface area contributed by atoms with Gasteiger partial charge in [0.1, 0.15) is 0 Å². The summed E-state index contributed by atoms with van der Waals surface area (Å²) in [4.78, 5) is 14.7. The van der Waals surface area contributed by atoms with Gasteiger partial charge in [-0.1, -0.05) is 23.4 Å². The molecule has 1 amide bonds. The second-order valence-electron chi connectivity index (χ2n) is 6.78. The van der Waals surface area contributed by atoms with Crippen LogP contribution >= 0.6 is 23.4 Å². The minimum absolute atomic E-state index is 0.105. The van der Waals surface area contributed by atoms with Crippen LogP contribution in [0.3, 0.4) is 0 Å². The maximum atomic E-state index is 12.3. The average molecular weight is 429 g/mol. The molecule has 2 heterocycles. The summed E-state index contributed by atoms with van der Waals surface area (Å²) in [6.07, 6.45) is 3.79. The van der Waals surface area contributed by atoms with Crippen LogP contribution in [0.2, 0.25) is 5.02 Å². The van der Waals surface area contributed by atoms with E-state index in [1.165, 1.54) is 36.7 Å². The lowest BCUT2D eigenvalue weighted by Crippen LogP contribution is -2.29. The number of nitrogens with zero attached hydrogens (tertiary/aromatic N) is 5. The summed E-state index contributed by atoms with van der Waals surface area (Å²) in [5.41, 5.74) is 2.78. The highest BCUT2D eigenvalue weighted by molar-refractivity contribution is 7.99. The summed E-state index contributed by atoms with van der Waals surface area (Å²) in [7, 11) is 0. The fraction of sp³-hybridized carbons (Fsp3) is 0.300. The maximum Gasteiger partial charge on any atom is 0.234 e.